The molecule has 0 aromatic heterocycles. The van der Waals surface area contributed by atoms with Crippen molar-refractivity contribution >= 4 is 39.5 Å². The highest BCUT2D eigenvalue weighted by atomic mass is 31.2. The molecule has 0 amide bonds. The van der Waals surface area contributed by atoms with Crippen LogP contribution in [0.5, 0.6) is 0 Å². The van der Waals surface area contributed by atoms with E-state index in [-0.39, 0.29) is 25.7 Å². The quantitative estimate of drug-likeness (QED) is 0.0222. The Hall–Kier alpha value is -1.94. The second-order valence-electron chi connectivity index (χ2n) is 27.6. The molecule has 0 rings (SSSR count). The van der Waals surface area contributed by atoms with Crippen LogP contribution in [0.3, 0.4) is 0 Å². The summed E-state index contributed by atoms with van der Waals surface area (Å²) in [5.74, 6) is -1.41. The monoisotopic (exact) mass is 1400 g/mol. The van der Waals surface area contributed by atoms with Gasteiger partial charge in [0.15, 0.2) is 12.2 Å². The molecule has 0 bridgehead atoms. The lowest BCUT2D eigenvalue weighted by Gasteiger charge is -2.21. The van der Waals surface area contributed by atoms with E-state index in [0.717, 1.165) is 102 Å². The van der Waals surface area contributed by atoms with Crippen molar-refractivity contribution in [3.8, 4) is 0 Å². The van der Waals surface area contributed by atoms with Gasteiger partial charge in [-0.25, -0.2) is 9.13 Å². The number of ether oxygens (including phenoxy) is 4. The minimum Gasteiger partial charge on any atom is -0.462 e. The zero-order valence-electron chi connectivity index (χ0n) is 61.8. The Balaban J connectivity index is 5.10. The number of carbonyl (C=O) groups excluding carboxylic acids is 4. The number of aliphatic hydroxyl groups is 1. The van der Waals surface area contributed by atoms with Crippen LogP contribution in [-0.4, -0.2) is 96.7 Å². The summed E-state index contributed by atoms with van der Waals surface area (Å²) in [6, 6.07) is 0. The van der Waals surface area contributed by atoms with E-state index in [1.165, 1.54) is 218 Å². The van der Waals surface area contributed by atoms with Gasteiger partial charge in [0, 0.05) is 25.7 Å². The fourth-order valence-corrected chi connectivity index (χ4v) is 13.3. The maximum absolute atomic E-state index is 13.1. The fraction of sp³-hybridized carbons (Fsp3) is 0.947. The lowest BCUT2D eigenvalue weighted by molar-refractivity contribution is -0.161. The Bertz CT molecular complexity index is 1820. The standard InChI is InChI=1S/C76H148O17P2/c1-6-10-13-16-18-20-22-24-26-28-30-32-34-36-38-40-42-44-50-55-60-74(79)87-66-72(92-75(80)61-56-51-45-43-41-39-37-35-33-31-29-27-25-23-21-19-17-14-11-7-2)68-91-95(84,85)89-64-70(77)63-88-94(82,83)90-67-71(65-86-73(78)59-54-48-15-12-8-3)93-76(81)62-57-52-47-46-49-53-58-69(5)9-4/h69-72,77H,6-68H2,1-5H3,(H,82,83)(H,84,85)/t69?,70-,71+,72+/m0/s1. The molecule has 6 atom stereocenters. The molecule has 0 aliphatic carbocycles. The predicted octanol–water partition coefficient (Wildman–Crippen LogP) is 22.5. The molecule has 564 valence electrons. The molecule has 0 radical (unpaired) electrons. The summed E-state index contributed by atoms with van der Waals surface area (Å²) in [5.41, 5.74) is 0. The first-order valence-electron chi connectivity index (χ1n) is 39.7. The molecule has 0 heterocycles. The van der Waals surface area contributed by atoms with E-state index in [4.69, 9.17) is 37.0 Å². The summed E-state index contributed by atoms with van der Waals surface area (Å²) < 4.78 is 68.2. The second-order valence-corrected chi connectivity index (χ2v) is 30.5. The van der Waals surface area contributed by atoms with Crippen molar-refractivity contribution in [2.24, 2.45) is 5.92 Å². The highest BCUT2D eigenvalue weighted by Crippen LogP contribution is 2.45. The maximum atomic E-state index is 13.1. The van der Waals surface area contributed by atoms with E-state index in [9.17, 15) is 43.2 Å². The van der Waals surface area contributed by atoms with Gasteiger partial charge in [-0.3, -0.25) is 37.3 Å². The zero-order chi connectivity index (χ0) is 69.8. The van der Waals surface area contributed by atoms with Crippen molar-refractivity contribution in [1.82, 2.24) is 0 Å². The third-order valence-electron chi connectivity index (χ3n) is 18.1. The van der Waals surface area contributed by atoms with E-state index >= 15 is 0 Å². The molecule has 0 aliphatic rings. The molecule has 0 aliphatic heterocycles. The maximum Gasteiger partial charge on any atom is 0.472 e. The Labute approximate surface area is 581 Å². The lowest BCUT2D eigenvalue weighted by atomic mass is 10.00. The number of rotatable bonds is 76. The molecule has 0 fully saturated rings. The Morgan fingerprint density at radius 1 is 0.295 bits per heavy atom. The van der Waals surface area contributed by atoms with Gasteiger partial charge in [0.2, 0.25) is 0 Å². The number of phosphoric acid groups is 2. The number of hydrogen-bond donors (Lipinski definition) is 3. The normalized spacial score (nSPS) is 14.2. The first-order valence-corrected chi connectivity index (χ1v) is 42.7. The average molecular weight is 1400 g/mol. The van der Waals surface area contributed by atoms with Gasteiger partial charge in [0.1, 0.15) is 19.3 Å². The smallest absolute Gasteiger partial charge is 0.462 e. The molecule has 19 heteroatoms. The van der Waals surface area contributed by atoms with Crippen molar-refractivity contribution in [3.05, 3.63) is 0 Å². The predicted molar refractivity (Wildman–Crippen MR) is 386 cm³/mol. The van der Waals surface area contributed by atoms with Crippen molar-refractivity contribution in [1.29, 1.82) is 0 Å². The molecule has 0 aromatic rings. The topological polar surface area (TPSA) is 237 Å². The summed E-state index contributed by atoms with van der Waals surface area (Å²) in [4.78, 5) is 72.4. The minimum absolute atomic E-state index is 0.102. The largest absolute Gasteiger partial charge is 0.472 e. The molecular weight excluding hydrogens is 1250 g/mol. The lowest BCUT2D eigenvalue weighted by Crippen LogP contribution is -2.30. The molecule has 0 aromatic carbocycles. The summed E-state index contributed by atoms with van der Waals surface area (Å²) in [6.07, 6.45) is 59.0. The Morgan fingerprint density at radius 2 is 0.505 bits per heavy atom. The summed E-state index contributed by atoms with van der Waals surface area (Å²) >= 11 is 0. The second kappa shape index (κ2) is 69.2. The van der Waals surface area contributed by atoms with E-state index in [2.05, 4.69) is 34.6 Å². The van der Waals surface area contributed by atoms with E-state index in [1.54, 1.807) is 0 Å². The molecule has 3 N–H and O–H groups in total. The molecule has 3 unspecified atom stereocenters. The number of esters is 4. The van der Waals surface area contributed by atoms with Crippen molar-refractivity contribution in [3.63, 3.8) is 0 Å². The van der Waals surface area contributed by atoms with Crippen molar-refractivity contribution in [2.45, 2.75) is 419 Å². The van der Waals surface area contributed by atoms with Gasteiger partial charge < -0.3 is 33.8 Å². The third-order valence-corrected chi connectivity index (χ3v) is 20.0. The van der Waals surface area contributed by atoms with Crippen LogP contribution in [0, 0.1) is 5.92 Å². The molecule has 0 spiro atoms. The summed E-state index contributed by atoms with van der Waals surface area (Å²) in [6.45, 7) is 7.14. The summed E-state index contributed by atoms with van der Waals surface area (Å²) in [5, 5.41) is 10.6. The van der Waals surface area contributed by atoms with Gasteiger partial charge in [0.25, 0.3) is 0 Å². The van der Waals surface area contributed by atoms with Crippen LogP contribution in [0.1, 0.15) is 401 Å². The van der Waals surface area contributed by atoms with E-state index in [0.29, 0.717) is 25.7 Å². The molecule has 17 nitrogen and oxygen atoms in total. The molecule has 95 heavy (non-hydrogen) atoms. The number of aliphatic hydroxyl groups excluding tert-OH is 1. The van der Waals surface area contributed by atoms with E-state index < -0.39 is 97.5 Å². The third kappa shape index (κ3) is 69.0. The van der Waals surface area contributed by atoms with E-state index in [1.807, 2.05) is 0 Å². The highest BCUT2D eigenvalue weighted by Gasteiger charge is 2.30. The van der Waals surface area contributed by atoms with Gasteiger partial charge in [-0.2, -0.15) is 0 Å². The zero-order valence-corrected chi connectivity index (χ0v) is 63.6. The van der Waals surface area contributed by atoms with Crippen LogP contribution in [-0.2, 0) is 65.4 Å². The van der Waals surface area contributed by atoms with Gasteiger partial charge in [-0.1, -0.05) is 349 Å². The van der Waals surface area contributed by atoms with Gasteiger partial charge in [0.05, 0.1) is 26.4 Å². The number of phosphoric ester groups is 2. The average Bonchev–Trinajstić information content (AvgIpc) is 1.48. The number of hydrogen-bond acceptors (Lipinski definition) is 15. The SMILES string of the molecule is CCCCCCCCCCCCCCCCCCCCCCC(=O)OC[C@H](COP(=O)(O)OC[C@@H](O)COP(=O)(O)OC[C@@H](COC(=O)CCCCCCC)OC(=O)CCCCCCCCC(C)CC)OC(=O)CCCCCCCCCCCCCCCCCCCCCC. The van der Waals surface area contributed by atoms with Crippen LogP contribution in [0.4, 0.5) is 0 Å². The Kier molecular flexibility index (Phi) is 67.7. The van der Waals surface area contributed by atoms with Gasteiger partial charge >= 0.3 is 39.5 Å². The molecule has 0 saturated carbocycles. The molecular formula is C76H148O17P2. The first kappa shape index (κ1) is 93.1. The van der Waals surface area contributed by atoms with Crippen LogP contribution >= 0.6 is 15.6 Å². The van der Waals surface area contributed by atoms with Crippen LogP contribution in [0.15, 0.2) is 0 Å². The van der Waals surface area contributed by atoms with Crippen molar-refractivity contribution in [2.75, 3.05) is 39.6 Å². The minimum atomic E-state index is -4.95. The Morgan fingerprint density at radius 3 is 0.747 bits per heavy atom. The van der Waals surface area contributed by atoms with Crippen molar-refractivity contribution < 1.29 is 80.2 Å². The summed E-state index contributed by atoms with van der Waals surface area (Å²) in [7, 11) is -9.90. The highest BCUT2D eigenvalue weighted by molar-refractivity contribution is 7.47. The fourth-order valence-electron chi connectivity index (χ4n) is 11.7. The first-order chi connectivity index (χ1) is 46.1. The van der Waals surface area contributed by atoms with Crippen LogP contribution in [0.2, 0.25) is 0 Å². The molecule has 0 saturated heterocycles. The van der Waals surface area contributed by atoms with Gasteiger partial charge in [-0.15, -0.1) is 0 Å². The number of carbonyl (C=O) groups is 4. The number of unbranched alkanes of at least 4 members (excludes halogenated alkanes) is 47. The van der Waals surface area contributed by atoms with Crippen LogP contribution in [0.25, 0.3) is 0 Å². The van der Waals surface area contributed by atoms with Crippen LogP contribution < -0.4 is 0 Å². The van der Waals surface area contributed by atoms with Gasteiger partial charge in [-0.05, 0) is 31.6 Å².